The number of carbonyl (C=O) groups is 1. The van der Waals surface area contributed by atoms with E-state index >= 15 is 0 Å². The second kappa shape index (κ2) is 7.13. The molecular formula is C17H18F2N2O. The van der Waals surface area contributed by atoms with Gasteiger partial charge in [-0.15, -0.1) is 0 Å². The maximum absolute atomic E-state index is 13.2. The van der Waals surface area contributed by atoms with Crippen LogP contribution in [0.2, 0.25) is 0 Å². The summed E-state index contributed by atoms with van der Waals surface area (Å²) in [6.07, 6.45) is 0. The highest BCUT2D eigenvalue weighted by Gasteiger charge is 2.18. The molecule has 0 aliphatic rings. The maximum Gasteiger partial charge on any atom is 0.241 e. The third-order valence-electron chi connectivity index (χ3n) is 3.47. The van der Waals surface area contributed by atoms with Crippen LogP contribution in [0.15, 0.2) is 48.5 Å². The van der Waals surface area contributed by atoms with Gasteiger partial charge in [-0.2, -0.15) is 0 Å². The van der Waals surface area contributed by atoms with Crippen molar-refractivity contribution in [3.63, 3.8) is 0 Å². The fraction of sp³-hybridized carbons (Fsp3) is 0.235. The van der Waals surface area contributed by atoms with E-state index < -0.39 is 6.04 Å². The molecule has 3 nitrogen and oxygen atoms in total. The first-order valence-corrected chi connectivity index (χ1v) is 6.97. The Morgan fingerprint density at radius 3 is 2.45 bits per heavy atom. The van der Waals surface area contributed by atoms with E-state index in [-0.39, 0.29) is 17.5 Å². The number of nitrogens with zero attached hydrogens (tertiary/aromatic N) is 1. The van der Waals surface area contributed by atoms with E-state index in [0.29, 0.717) is 12.2 Å². The average molecular weight is 304 g/mol. The van der Waals surface area contributed by atoms with E-state index in [1.165, 1.54) is 36.4 Å². The van der Waals surface area contributed by atoms with E-state index in [9.17, 15) is 13.6 Å². The van der Waals surface area contributed by atoms with Crippen molar-refractivity contribution in [2.75, 3.05) is 12.4 Å². The van der Waals surface area contributed by atoms with Gasteiger partial charge >= 0.3 is 0 Å². The SMILES string of the molecule is C[C@@H](C(=O)Nc1ccc(F)cc1)N(C)Cc1cccc(F)c1. The summed E-state index contributed by atoms with van der Waals surface area (Å²) >= 11 is 0. The van der Waals surface area contributed by atoms with Crippen LogP contribution in [0.5, 0.6) is 0 Å². The van der Waals surface area contributed by atoms with Crippen LogP contribution in [-0.2, 0) is 11.3 Å². The molecule has 2 aromatic rings. The number of rotatable bonds is 5. The normalized spacial score (nSPS) is 12.2. The molecule has 5 heteroatoms. The van der Waals surface area contributed by atoms with Crippen LogP contribution < -0.4 is 5.32 Å². The molecule has 2 aromatic carbocycles. The topological polar surface area (TPSA) is 32.3 Å². The number of halogens is 2. The summed E-state index contributed by atoms with van der Waals surface area (Å²) in [5.41, 5.74) is 1.33. The summed E-state index contributed by atoms with van der Waals surface area (Å²) in [5, 5.41) is 2.73. The van der Waals surface area contributed by atoms with Gasteiger partial charge in [0.25, 0.3) is 0 Å². The van der Waals surface area contributed by atoms with E-state index in [1.54, 1.807) is 20.0 Å². The van der Waals surface area contributed by atoms with Gasteiger partial charge in [0.05, 0.1) is 6.04 Å². The minimum Gasteiger partial charge on any atom is -0.325 e. The van der Waals surface area contributed by atoms with Crippen LogP contribution in [0, 0.1) is 11.6 Å². The monoisotopic (exact) mass is 304 g/mol. The molecule has 1 N–H and O–H groups in total. The third kappa shape index (κ3) is 4.36. The predicted octanol–water partition coefficient (Wildman–Crippen LogP) is 3.42. The molecule has 0 aliphatic heterocycles. The molecule has 0 unspecified atom stereocenters. The Morgan fingerprint density at radius 2 is 1.82 bits per heavy atom. The van der Waals surface area contributed by atoms with Gasteiger partial charge in [-0.05, 0) is 55.9 Å². The zero-order chi connectivity index (χ0) is 16.1. The molecular weight excluding hydrogens is 286 g/mol. The number of hydrogen-bond acceptors (Lipinski definition) is 2. The van der Waals surface area contributed by atoms with Crippen LogP contribution >= 0.6 is 0 Å². The average Bonchev–Trinajstić information content (AvgIpc) is 2.48. The molecule has 0 saturated heterocycles. The Labute approximate surface area is 128 Å². The minimum atomic E-state index is -0.409. The van der Waals surface area contributed by atoms with Crippen molar-refractivity contribution in [1.29, 1.82) is 0 Å². The predicted molar refractivity (Wildman–Crippen MR) is 82.4 cm³/mol. The number of carbonyl (C=O) groups excluding carboxylic acids is 1. The largest absolute Gasteiger partial charge is 0.325 e. The zero-order valence-corrected chi connectivity index (χ0v) is 12.5. The molecule has 2 rings (SSSR count). The first-order valence-electron chi connectivity index (χ1n) is 6.97. The number of benzene rings is 2. The first kappa shape index (κ1) is 16.1. The van der Waals surface area contributed by atoms with Gasteiger partial charge < -0.3 is 5.32 Å². The minimum absolute atomic E-state index is 0.203. The van der Waals surface area contributed by atoms with Crippen LogP contribution in [0.25, 0.3) is 0 Å². The first-order chi connectivity index (χ1) is 10.5. The summed E-state index contributed by atoms with van der Waals surface area (Å²) in [6, 6.07) is 11.5. The van der Waals surface area contributed by atoms with Crippen molar-refractivity contribution in [2.45, 2.75) is 19.5 Å². The molecule has 0 aliphatic carbocycles. The number of nitrogens with one attached hydrogen (secondary N) is 1. The summed E-state index contributed by atoms with van der Waals surface area (Å²) in [7, 11) is 1.79. The quantitative estimate of drug-likeness (QED) is 0.918. The van der Waals surface area contributed by atoms with Gasteiger partial charge in [0.15, 0.2) is 0 Å². The van der Waals surface area contributed by atoms with Crippen molar-refractivity contribution in [3.05, 3.63) is 65.7 Å². The number of likely N-dealkylation sites (N-methyl/N-ethyl adjacent to an activating group) is 1. The van der Waals surface area contributed by atoms with Gasteiger partial charge in [-0.1, -0.05) is 12.1 Å². The molecule has 1 amide bonds. The lowest BCUT2D eigenvalue weighted by Gasteiger charge is -2.24. The second-order valence-electron chi connectivity index (χ2n) is 5.22. The Morgan fingerprint density at radius 1 is 1.14 bits per heavy atom. The lowest BCUT2D eigenvalue weighted by molar-refractivity contribution is -0.120. The highest BCUT2D eigenvalue weighted by atomic mass is 19.1. The van der Waals surface area contributed by atoms with Crippen LogP contribution in [0.1, 0.15) is 12.5 Å². The molecule has 0 saturated carbocycles. The fourth-order valence-electron chi connectivity index (χ4n) is 2.04. The second-order valence-corrected chi connectivity index (χ2v) is 5.22. The van der Waals surface area contributed by atoms with E-state index in [0.717, 1.165) is 5.56 Å². The van der Waals surface area contributed by atoms with Gasteiger partial charge in [0.2, 0.25) is 5.91 Å². The standard InChI is InChI=1S/C17H18F2N2O/c1-12(17(22)20-16-8-6-14(18)7-9-16)21(2)11-13-4-3-5-15(19)10-13/h3-10,12H,11H2,1-2H3,(H,20,22)/t12-/m0/s1. The molecule has 0 aromatic heterocycles. The van der Waals surface area contributed by atoms with Crippen molar-refractivity contribution in [3.8, 4) is 0 Å². The lowest BCUT2D eigenvalue weighted by Crippen LogP contribution is -2.39. The highest BCUT2D eigenvalue weighted by Crippen LogP contribution is 2.12. The lowest BCUT2D eigenvalue weighted by atomic mass is 10.2. The van der Waals surface area contributed by atoms with E-state index in [2.05, 4.69) is 5.32 Å². The van der Waals surface area contributed by atoms with Gasteiger partial charge in [-0.3, -0.25) is 9.69 Å². The van der Waals surface area contributed by atoms with Crippen LogP contribution in [0.4, 0.5) is 14.5 Å². The smallest absolute Gasteiger partial charge is 0.241 e. The van der Waals surface area contributed by atoms with Crippen molar-refractivity contribution >= 4 is 11.6 Å². The van der Waals surface area contributed by atoms with Gasteiger partial charge in [0.1, 0.15) is 11.6 Å². The molecule has 0 radical (unpaired) electrons. The zero-order valence-electron chi connectivity index (χ0n) is 12.5. The van der Waals surface area contributed by atoms with Crippen LogP contribution in [-0.4, -0.2) is 23.9 Å². The maximum atomic E-state index is 13.2. The Balaban J connectivity index is 1.95. The van der Waals surface area contributed by atoms with Crippen molar-refractivity contribution < 1.29 is 13.6 Å². The molecule has 22 heavy (non-hydrogen) atoms. The molecule has 0 fully saturated rings. The van der Waals surface area contributed by atoms with Gasteiger partial charge in [0, 0.05) is 12.2 Å². The molecule has 116 valence electrons. The number of anilines is 1. The number of amides is 1. The number of hydrogen-bond donors (Lipinski definition) is 1. The van der Waals surface area contributed by atoms with Crippen molar-refractivity contribution in [2.24, 2.45) is 0 Å². The van der Waals surface area contributed by atoms with Crippen molar-refractivity contribution in [1.82, 2.24) is 4.90 Å². The molecule has 0 bridgehead atoms. The summed E-state index contributed by atoms with van der Waals surface area (Å²) in [5.74, 6) is -0.853. The Kier molecular flexibility index (Phi) is 5.22. The Bertz CT molecular complexity index is 643. The van der Waals surface area contributed by atoms with Crippen LogP contribution in [0.3, 0.4) is 0 Å². The summed E-state index contributed by atoms with van der Waals surface area (Å²) < 4.78 is 26.0. The Hall–Kier alpha value is -2.27. The molecule has 0 spiro atoms. The molecule has 0 heterocycles. The fourth-order valence-corrected chi connectivity index (χ4v) is 2.04. The van der Waals surface area contributed by atoms with E-state index in [4.69, 9.17) is 0 Å². The summed E-state index contributed by atoms with van der Waals surface area (Å²) in [4.78, 5) is 14.0. The third-order valence-corrected chi connectivity index (χ3v) is 3.47. The van der Waals surface area contributed by atoms with Gasteiger partial charge in [-0.25, -0.2) is 8.78 Å². The summed E-state index contributed by atoms with van der Waals surface area (Å²) in [6.45, 7) is 2.22. The van der Waals surface area contributed by atoms with E-state index in [1.807, 2.05) is 11.0 Å². The molecule has 1 atom stereocenters. The highest BCUT2D eigenvalue weighted by molar-refractivity contribution is 5.94.